The van der Waals surface area contributed by atoms with Crippen LogP contribution in [0.3, 0.4) is 0 Å². The number of rotatable bonds is 3. The topological polar surface area (TPSA) is 82.9 Å². The number of nitrogens with one attached hydrogen (secondary N) is 1. The smallest absolute Gasteiger partial charge is 0.263 e. The van der Waals surface area contributed by atoms with Crippen LogP contribution in [0.4, 0.5) is 5.69 Å². The molecule has 1 heterocycles. The Hall–Kier alpha value is -2.83. The van der Waals surface area contributed by atoms with Gasteiger partial charge in [0.2, 0.25) is 0 Å². The number of terminal acetylenes is 1. The van der Waals surface area contributed by atoms with E-state index in [1.54, 1.807) is 24.3 Å². The van der Waals surface area contributed by atoms with Gasteiger partial charge in [0.15, 0.2) is 0 Å². The second-order valence-electron chi connectivity index (χ2n) is 3.82. The van der Waals surface area contributed by atoms with Crippen LogP contribution >= 0.6 is 0 Å². The lowest BCUT2D eigenvalue weighted by Gasteiger charge is -2.08. The molecule has 0 amide bonds. The van der Waals surface area contributed by atoms with Crippen molar-refractivity contribution in [1.82, 2.24) is 4.98 Å². The zero-order valence-corrected chi connectivity index (χ0v) is 11.1. The Morgan fingerprint density at radius 2 is 2.05 bits per heavy atom. The van der Waals surface area contributed by atoms with Gasteiger partial charge in [0.1, 0.15) is 16.7 Å². The van der Waals surface area contributed by atoms with Crippen LogP contribution in [-0.4, -0.2) is 13.4 Å². The SMILES string of the molecule is C#Cc1cccc(NS(=O)(=O)c2ccc(C#N)nc2)c1. The van der Waals surface area contributed by atoms with Crippen molar-refractivity contribution >= 4 is 15.7 Å². The van der Waals surface area contributed by atoms with E-state index in [2.05, 4.69) is 15.6 Å². The van der Waals surface area contributed by atoms with E-state index < -0.39 is 10.0 Å². The van der Waals surface area contributed by atoms with Crippen LogP contribution in [0.25, 0.3) is 0 Å². The van der Waals surface area contributed by atoms with Gasteiger partial charge in [-0.1, -0.05) is 12.0 Å². The Balaban J connectivity index is 2.31. The Bertz CT molecular complexity index is 813. The zero-order valence-electron chi connectivity index (χ0n) is 10.2. The first kappa shape index (κ1) is 13.6. The molecule has 1 aromatic carbocycles. The lowest BCUT2D eigenvalue weighted by Crippen LogP contribution is -2.13. The molecule has 20 heavy (non-hydrogen) atoms. The van der Waals surface area contributed by atoms with Gasteiger partial charge in [-0.25, -0.2) is 13.4 Å². The Labute approximate surface area is 117 Å². The molecule has 6 heteroatoms. The minimum Gasteiger partial charge on any atom is -0.280 e. The fourth-order valence-corrected chi connectivity index (χ4v) is 2.49. The van der Waals surface area contributed by atoms with Gasteiger partial charge in [0, 0.05) is 11.8 Å². The summed E-state index contributed by atoms with van der Waals surface area (Å²) in [7, 11) is -3.75. The van der Waals surface area contributed by atoms with Gasteiger partial charge in [-0.15, -0.1) is 6.42 Å². The van der Waals surface area contributed by atoms with Crippen molar-refractivity contribution in [3.63, 3.8) is 0 Å². The first-order valence-corrected chi connectivity index (χ1v) is 6.99. The van der Waals surface area contributed by atoms with Crippen molar-refractivity contribution < 1.29 is 8.42 Å². The first-order valence-electron chi connectivity index (χ1n) is 5.51. The predicted octanol–water partition coefficient (Wildman–Crippen LogP) is 1.74. The van der Waals surface area contributed by atoms with Crippen LogP contribution in [-0.2, 0) is 10.0 Å². The molecule has 1 aromatic heterocycles. The molecule has 0 aliphatic rings. The monoisotopic (exact) mass is 283 g/mol. The van der Waals surface area contributed by atoms with Crippen LogP contribution in [0.1, 0.15) is 11.3 Å². The van der Waals surface area contributed by atoms with Gasteiger partial charge in [-0.2, -0.15) is 5.26 Å². The van der Waals surface area contributed by atoms with Gasteiger partial charge < -0.3 is 0 Å². The number of hydrogen-bond donors (Lipinski definition) is 1. The molecule has 5 nitrogen and oxygen atoms in total. The summed E-state index contributed by atoms with van der Waals surface area (Å²) < 4.78 is 26.6. The lowest BCUT2D eigenvalue weighted by molar-refractivity contribution is 0.601. The van der Waals surface area contributed by atoms with Crippen molar-refractivity contribution in [2.24, 2.45) is 0 Å². The molecule has 0 bridgehead atoms. The molecule has 2 rings (SSSR count). The van der Waals surface area contributed by atoms with E-state index in [0.717, 1.165) is 6.20 Å². The maximum Gasteiger partial charge on any atom is 0.263 e. The van der Waals surface area contributed by atoms with E-state index >= 15 is 0 Å². The van der Waals surface area contributed by atoms with Crippen molar-refractivity contribution in [1.29, 1.82) is 5.26 Å². The van der Waals surface area contributed by atoms with E-state index in [0.29, 0.717) is 11.3 Å². The summed E-state index contributed by atoms with van der Waals surface area (Å²) in [5.74, 6) is 2.42. The molecule has 0 radical (unpaired) electrons. The molecule has 0 saturated heterocycles. The highest BCUT2D eigenvalue weighted by Crippen LogP contribution is 2.16. The van der Waals surface area contributed by atoms with Crippen LogP contribution in [0.15, 0.2) is 47.5 Å². The summed E-state index contributed by atoms with van der Waals surface area (Å²) in [6.45, 7) is 0. The minimum absolute atomic E-state index is 0.0254. The van der Waals surface area contributed by atoms with Crippen molar-refractivity contribution in [2.45, 2.75) is 4.90 Å². The first-order chi connectivity index (χ1) is 9.55. The van der Waals surface area contributed by atoms with E-state index in [4.69, 9.17) is 11.7 Å². The van der Waals surface area contributed by atoms with E-state index in [9.17, 15) is 8.42 Å². The second kappa shape index (κ2) is 5.43. The average Bonchev–Trinajstić information content (AvgIpc) is 2.47. The third kappa shape index (κ3) is 2.94. The third-order valence-corrected chi connectivity index (χ3v) is 3.81. The van der Waals surface area contributed by atoms with E-state index in [1.807, 2.05) is 6.07 Å². The Morgan fingerprint density at radius 3 is 2.65 bits per heavy atom. The highest BCUT2D eigenvalue weighted by Gasteiger charge is 2.14. The maximum absolute atomic E-state index is 12.1. The molecule has 2 aromatic rings. The number of benzene rings is 1. The highest BCUT2D eigenvalue weighted by molar-refractivity contribution is 7.92. The Kier molecular flexibility index (Phi) is 3.69. The lowest BCUT2D eigenvalue weighted by atomic mass is 10.2. The van der Waals surface area contributed by atoms with Crippen molar-refractivity contribution in [3.05, 3.63) is 53.9 Å². The van der Waals surface area contributed by atoms with Gasteiger partial charge >= 0.3 is 0 Å². The summed E-state index contributed by atoms with van der Waals surface area (Å²) in [6, 6.07) is 11.0. The summed E-state index contributed by atoms with van der Waals surface area (Å²) in [4.78, 5) is 3.70. The molecule has 0 aliphatic carbocycles. The number of sulfonamides is 1. The van der Waals surface area contributed by atoms with Crippen LogP contribution < -0.4 is 4.72 Å². The van der Waals surface area contributed by atoms with Crippen molar-refractivity contribution in [2.75, 3.05) is 4.72 Å². The molecule has 0 unspecified atom stereocenters. The number of nitrogens with zero attached hydrogens (tertiary/aromatic N) is 2. The van der Waals surface area contributed by atoms with Gasteiger partial charge in [-0.05, 0) is 30.3 Å². The van der Waals surface area contributed by atoms with E-state index in [1.165, 1.54) is 12.1 Å². The van der Waals surface area contributed by atoms with Crippen LogP contribution in [0.2, 0.25) is 0 Å². The molecule has 1 N–H and O–H groups in total. The molecule has 98 valence electrons. The molecule has 0 fully saturated rings. The minimum atomic E-state index is -3.75. The molecule has 0 spiro atoms. The standard InChI is InChI=1S/C14H9N3O2S/c1-2-11-4-3-5-12(8-11)17-20(18,19)14-7-6-13(9-15)16-10-14/h1,3-8,10,17H. The largest absolute Gasteiger partial charge is 0.280 e. The number of hydrogen-bond acceptors (Lipinski definition) is 4. The summed E-state index contributed by atoms with van der Waals surface area (Å²) in [5, 5.41) is 8.63. The second-order valence-corrected chi connectivity index (χ2v) is 5.50. The van der Waals surface area contributed by atoms with Gasteiger partial charge in [0.25, 0.3) is 10.0 Å². The average molecular weight is 283 g/mol. The predicted molar refractivity (Wildman–Crippen MR) is 74.1 cm³/mol. The molecule has 0 aliphatic heterocycles. The summed E-state index contributed by atoms with van der Waals surface area (Å²) >= 11 is 0. The maximum atomic E-state index is 12.1. The summed E-state index contributed by atoms with van der Waals surface area (Å²) in [5.41, 5.74) is 1.09. The number of nitriles is 1. The quantitative estimate of drug-likeness (QED) is 0.870. The zero-order chi connectivity index (χ0) is 14.6. The van der Waals surface area contributed by atoms with E-state index in [-0.39, 0.29) is 10.6 Å². The number of anilines is 1. The Morgan fingerprint density at radius 1 is 1.25 bits per heavy atom. The fourth-order valence-electron chi connectivity index (χ4n) is 1.49. The molecule has 0 atom stereocenters. The van der Waals surface area contributed by atoms with Gasteiger partial charge in [0.05, 0.1) is 5.69 Å². The van der Waals surface area contributed by atoms with Crippen LogP contribution in [0.5, 0.6) is 0 Å². The number of pyridine rings is 1. The molecular weight excluding hydrogens is 274 g/mol. The normalized spacial score (nSPS) is 10.3. The summed E-state index contributed by atoms with van der Waals surface area (Å²) in [6.07, 6.45) is 6.39. The van der Waals surface area contributed by atoms with Crippen molar-refractivity contribution in [3.8, 4) is 18.4 Å². The number of aromatic nitrogens is 1. The van der Waals surface area contributed by atoms with Gasteiger partial charge in [-0.3, -0.25) is 4.72 Å². The molecule has 0 saturated carbocycles. The fraction of sp³-hybridized carbons (Fsp3) is 0. The highest BCUT2D eigenvalue weighted by atomic mass is 32.2. The third-order valence-electron chi connectivity index (χ3n) is 2.44. The van der Waals surface area contributed by atoms with Crippen LogP contribution in [0, 0.1) is 23.7 Å². The molecular formula is C14H9N3O2S.